The van der Waals surface area contributed by atoms with E-state index in [0.717, 1.165) is 0 Å². The van der Waals surface area contributed by atoms with E-state index in [4.69, 9.17) is 16.3 Å². The van der Waals surface area contributed by atoms with E-state index < -0.39 is 0 Å². The van der Waals surface area contributed by atoms with Crippen LogP contribution in [0.2, 0.25) is 0 Å². The van der Waals surface area contributed by atoms with E-state index in [1.54, 1.807) is 7.11 Å². The van der Waals surface area contributed by atoms with Gasteiger partial charge in [0.1, 0.15) is 0 Å². The third-order valence-electron chi connectivity index (χ3n) is 3.61. The molecule has 0 saturated heterocycles. The van der Waals surface area contributed by atoms with Gasteiger partial charge in [0.15, 0.2) is 0 Å². The maximum absolute atomic E-state index is 11.8. The second-order valence-corrected chi connectivity index (χ2v) is 4.91. The Hall–Kier alpha value is -0.280. The van der Waals surface area contributed by atoms with Gasteiger partial charge in [-0.1, -0.05) is 6.42 Å². The van der Waals surface area contributed by atoms with Gasteiger partial charge in [-0.2, -0.15) is 0 Å². The predicted octanol–water partition coefficient (Wildman–Crippen LogP) is 1.40. The summed E-state index contributed by atoms with van der Waals surface area (Å²) in [5.41, 5.74) is 0. The van der Waals surface area contributed by atoms with Crippen LogP contribution in [0.15, 0.2) is 0 Å². The van der Waals surface area contributed by atoms with Crippen LogP contribution in [-0.4, -0.2) is 31.5 Å². The monoisotopic (exact) mass is 231 g/mol. The number of alkyl halides is 1. The minimum Gasteiger partial charge on any atom is -0.383 e. The Balaban J connectivity index is 1.77. The quantitative estimate of drug-likeness (QED) is 0.727. The predicted molar refractivity (Wildman–Crippen MR) is 58.8 cm³/mol. The Morgan fingerprint density at radius 1 is 1.53 bits per heavy atom. The van der Waals surface area contributed by atoms with E-state index in [-0.39, 0.29) is 17.9 Å². The molecular formula is C11H18ClNO2. The van der Waals surface area contributed by atoms with Crippen LogP contribution in [0.1, 0.15) is 19.3 Å². The molecule has 0 aromatic rings. The van der Waals surface area contributed by atoms with E-state index in [0.29, 0.717) is 24.3 Å². The van der Waals surface area contributed by atoms with Crippen molar-refractivity contribution in [3.05, 3.63) is 0 Å². The first kappa shape index (κ1) is 11.2. The number of carbonyl (C=O) groups is 1. The van der Waals surface area contributed by atoms with Gasteiger partial charge in [0.05, 0.1) is 12.6 Å². The number of nitrogens with one attached hydrogen (secondary N) is 1. The molecule has 3 atom stereocenters. The van der Waals surface area contributed by atoms with Gasteiger partial charge >= 0.3 is 0 Å². The standard InChI is InChI=1S/C11H18ClNO2/c1-15-6-7(5-12)13-11(14)10-8-3-2-4-9(8)10/h7-10H,2-6H2,1H3,(H,13,14). The van der Waals surface area contributed by atoms with Crippen LogP contribution in [0, 0.1) is 17.8 Å². The van der Waals surface area contributed by atoms with Gasteiger partial charge in [-0.15, -0.1) is 11.6 Å². The molecule has 0 heterocycles. The largest absolute Gasteiger partial charge is 0.383 e. The first-order valence-electron chi connectivity index (χ1n) is 5.63. The average Bonchev–Trinajstić information content (AvgIpc) is 2.72. The number of halogens is 1. The van der Waals surface area contributed by atoms with E-state index in [1.165, 1.54) is 19.3 Å². The zero-order valence-corrected chi connectivity index (χ0v) is 9.80. The van der Waals surface area contributed by atoms with Crippen LogP contribution in [0.25, 0.3) is 0 Å². The summed E-state index contributed by atoms with van der Waals surface area (Å²) < 4.78 is 4.99. The summed E-state index contributed by atoms with van der Waals surface area (Å²) in [6, 6.07) is -0.0366. The van der Waals surface area contributed by atoms with E-state index in [1.807, 2.05) is 0 Å². The number of fused-ring (bicyclic) bond motifs is 1. The van der Waals surface area contributed by atoms with Crippen LogP contribution in [0.4, 0.5) is 0 Å². The normalized spacial score (nSPS) is 34.7. The van der Waals surface area contributed by atoms with Crippen LogP contribution in [0.5, 0.6) is 0 Å². The maximum atomic E-state index is 11.8. The molecule has 0 bridgehead atoms. The number of rotatable bonds is 5. The lowest BCUT2D eigenvalue weighted by atomic mass is 10.1. The Bertz CT molecular complexity index is 237. The lowest BCUT2D eigenvalue weighted by Gasteiger charge is -2.15. The topological polar surface area (TPSA) is 38.3 Å². The fourth-order valence-electron chi connectivity index (χ4n) is 2.83. The molecule has 0 aliphatic heterocycles. The van der Waals surface area contributed by atoms with Gasteiger partial charge in [0.2, 0.25) is 5.91 Å². The molecule has 0 aromatic heterocycles. The fraction of sp³-hybridized carbons (Fsp3) is 0.909. The van der Waals surface area contributed by atoms with Crippen molar-refractivity contribution in [2.24, 2.45) is 17.8 Å². The van der Waals surface area contributed by atoms with Crippen molar-refractivity contribution >= 4 is 17.5 Å². The smallest absolute Gasteiger partial charge is 0.224 e. The molecule has 2 rings (SSSR count). The second-order valence-electron chi connectivity index (χ2n) is 4.60. The highest BCUT2D eigenvalue weighted by molar-refractivity contribution is 6.18. The zero-order valence-electron chi connectivity index (χ0n) is 9.04. The maximum Gasteiger partial charge on any atom is 0.224 e. The summed E-state index contributed by atoms with van der Waals surface area (Å²) in [7, 11) is 1.62. The summed E-state index contributed by atoms with van der Waals surface area (Å²) in [6.45, 7) is 0.497. The molecule has 3 unspecified atom stereocenters. The summed E-state index contributed by atoms with van der Waals surface area (Å²) in [6.07, 6.45) is 3.77. The Morgan fingerprint density at radius 2 is 2.20 bits per heavy atom. The van der Waals surface area contributed by atoms with Crippen molar-refractivity contribution in [3.63, 3.8) is 0 Å². The highest BCUT2D eigenvalue weighted by Gasteiger charge is 2.56. The molecule has 86 valence electrons. The van der Waals surface area contributed by atoms with Crippen molar-refractivity contribution in [1.82, 2.24) is 5.32 Å². The molecule has 0 spiro atoms. The molecule has 4 heteroatoms. The number of amides is 1. The number of methoxy groups -OCH3 is 1. The summed E-state index contributed by atoms with van der Waals surface area (Å²) in [5, 5.41) is 2.96. The van der Waals surface area contributed by atoms with Crippen molar-refractivity contribution in [3.8, 4) is 0 Å². The van der Waals surface area contributed by atoms with Crippen molar-refractivity contribution in [1.29, 1.82) is 0 Å². The van der Waals surface area contributed by atoms with Gasteiger partial charge in [-0.3, -0.25) is 4.79 Å². The molecule has 0 aromatic carbocycles. The molecule has 0 radical (unpaired) electrons. The average molecular weight is 232 g/mol. The molecule has 3 nitrogen and oxygen atoms in total. The highest BCUT2D eigenvalue weighted by atomic mass is 35.5. The van der Waals surface area contributed by atoms with Crippen LogP contribution in [-0.2, 0) is 9.53 Å². The highest BCUT2D eigenvalue weighted by Crippen LogP contribution is 2.57. The number of hydrogen-bond acceptors (Lipinski definition) is 2. The minimum absolute atomic E-state index is 0.0366. The van der Waals surface area contributed by atoms with Gasteiger partial charge in [-0.25, -0.2) is 0 Å². The lowest BCUT2D eigenvalue weighted by Crippen LogP contribution is -2.40. The van der Waals surface area contributed by atoms with Crippen molar-refractivity contribution < 1.29 is 9.53 Å². The third-order valence-corrected chi connectivity index (χ3v) is 3.98. The Labute approximate surface area is 95.5 Å². The summed E-state index contributed by atoms with van der Waals surface area (Å²) in [4.78, 5) is 11.8. The Kier molecular flexibility index (Phi) is 3.52. The van der Waals surface area contributed by atoms with Crippen LogP contribution < -0.4 is 5.32 Å². The fourth-order valence-corrected chi connectivity index (χ4v) is 3.00. The minimum atomic E-state index is -0.0366. The van der Waals surface area contributed by atoms with Gasteiger partial charge < -0.3 is 10.1 Å². The van der Waals surface area contributed by atoms with E-state index in [9.17, 15) is 4.79 Å². The first-order valence-corrected chi connectivity index (χ1v) is 6.16. The van der Waals surface area contributed by atoms with Gasteiger partial charge in [0, 0.05) is 18.9 Å². The molecule has 1 amide bonds. The van der Waals surface area contributed by atoms with Crippen molar-refractivity contribution in [2.75, 3.05) is 19.6 Å². The van der Waals surface area contributed by atoms with Gasteiger partial charge in [-0.05, 0) is 24.7 Å². The molecular weight excluding hydrogens is 214 g/mol. The summed E-state index contributed by atoms with van der Waals surface area (Å²) in [5.74, 6) is 2.22. The molecule has 2 aliphatic rings. The van der Waals surface area contributed by atoms with Gasteiger partial charge in [0.25, 0.3) is 0 Å². The first-order chi connectivity index (χ1) is 7.27. The molecule has 2 fully saturated rings. The Morgan fingerprint density at radius 3 is 2.73 bits per heavy atom. The van der Waals surface area contributed by atoms with Crippen LogP contribution >= 0.6 is 11.6 Å². The molecule has 15 heavy (non-hydrogen) atoms. The summed E-state index contributed by atoms with van der Waals surface area (Å²) >= 11 is 5.74. The zero-order chi connectivity index (χ0) is 10.8. The second kappa shape index (κ2) is 4.71. The number of carbonyl (C=O) groups excluding carboxylic acids is 1. The van der Waals surface area contributed by atoms with Crippen molar-refractivity contribution in [2.45, 2.75) is 25.3 Å². The molecule has 2 aliphatic carbocycles. The molecule has 1 N–H and O–H groups in total. The van der Waals surface area contributed by atoms with E-state index in [2.05, 4.69) is 5.32 Å². The SMILES string of the molecule is COCC(CCl)NC(=O)C1C2CCCC21. The van der Waals surface area contributed by atoms with Crippen LogP contribution in [0.3, 0.4) is 0 Å². The van der Waals surface area contributed by atoms with E-state index >= 15 is 0 Å². The lowest BCUT2D eigenvalue weighted by molar-refractivity contribution is -0.124. The molecule has 2 saturated carbocycles. The third kappa shape index (κ3) is 2.28. The number of hydrogen-bond donors (Lipinski definition) is 1. The number of ether oxygens (including phenoxy) is 1.